The zero-order valence-electron chi connectivity index (χ0n) is 11.8. The molecular weight excluding hydrogens is 252 g/mol. The number of terminal acetylenes is 1. The summed E-state index contributed by atoms with van der Waals surface area (Å²) < 4.78 is 5.29. The Hall–Kier alpha value is -1.83. The molecule has 106 valence electrons. The number of likely N-dealkylation sites (N-methyl/N-ethyl adjacent to an activating group) is 1. The van der Waals surface area contributed by atoms with E-state index in [1.165, 1.54) is 0 Å². The third kappa shape index (κ3) is 4.09. The topological polar surface area (TPSA) is 32.8 Å². The van der Waals surface area contributed by atoms with Gasteiger partial charge in [-0.25, -0.2) is 0 Å². The predicted molar refractivity (Wildman–Crippen MR) is 79.0 cm³/mol. The summed E-state index contributed by atoms with van der Waals surface area (Å²) in [6.07, 6.45) is 5.13. The molecule has 1 aromatic rings. The largest absolute Gasteiger partial charge is 0.481 e. The number of piperazine rings is 1. The minimum Gasteiger partial charge on any atom is -0.481 e. The number of benzene rings is 1. The molecule has 0 bridgehead atoms. The summed E-state index contributed by atoms with van der Waals surface area (Å²) in [6, 6.07) is 7.16. The van der Waals surface area contributed by atoms with E-state index < -0.39 is 0 Å². The van der Waals surface area contributed by atoms with Gasteiger partial charge in [0, 0.05) is 31.7 Å². The number of hydrogen-bond donors (Lipinski definition) is 0. The molecule has 0 unspecified atom stereocenters. The molecule has 2 rings (SSSR count). The lowest BCUT2D eigenvalue weighted by atomic mass is 10.1. The summed E-state index contributed by atoms with van der Waals surface area (Å²) >= 11 is 0. The van der Waals surface area contributed by atoms with Crippen LogP contribution in [0.2, 0.25) is 0 Å². The maximum Gasteiger partial charge on any atom is 0.176 e. The highest BCUT2D eigenvalue weighted by Crippen LogP contribution is 2.13. The fraction of sp³-hybridized carbons (Fsp3) is 0.438. The van der Waals surface area contributed by atoms with Crippen molar-refractivity contribution in [3.63, 3.8) is 0 Å². The van der Waals surface area contributed by atoms with Gasteiger partial charge in [0.2, 0.25) is 0 Å². The summed E-state index contributed by atoms with van der Waals surface area (Å²) in [4.78, 5) is 16.7. The van der Waals surface area contributed by atoms with Crippen molar-refractivity contribution in [3.8, 4) is 18.1 Å². The molecule has 1 aliphatic rings. The van der Waals surface area contributed by atoms with Gasteiger partial charge in [-0.1, -0.05) is 5.92 Å². The number of carbonyl (C=O) groups excluding carboxylic acids is 1. The van der Waals surface area contributed by atoms with E-state index in [2.05, 4.69) is 22.8 Å². The van der Waals surface area contributed by atoms with Crippen LogP contribution in [0, 0.1) is 12.3 Å². The number of rotatable bonds is 5. The monoisotopic (exact) mass is 272 g/mol. The smallest absolute Gasteiger partial charge is 0.176 e. The van der Waals surface area contributed by atoms with Crippen LogP contribution in [0.5, 0.6) is 5.75 Å². The Morgan fingerprint density at radius 2 is 1.90 bits per heavy atom. The van der Waals surface area contributed by atoms with Crippen molar-refractivity contribution >= 4 is 5.78 Å². The molecular formula is C16H20N2O2. The number of carbonyl (C=O) groups is 1. The van der Waals surface area contributed by atoms with Crippen LogP contribution >= 0.6 is 0 Å². The second kappa shape index (κ2) is 7.09. The number of ketones is 1. The van der Waals surface area contributed by atoms with Gasteiger partial charge in [-0.3, -0.25) is 9.69 Å². The maximum absolute atomic E-state index is 12.2. The van der Waals surface area contributed by atoms with Crippen LogP contribution in [-0.4, -0.2) is 62.0 Å². The summed E-state index contributed by atoms with van der Waals surface area (Å²) in [7, 11) is 2.11. The van der Waals surface area contributed by atoms with Gasteiger partial charge in [0.05, 0.1) is 6.54 Å². The van der Waals surface area contributed by atoms with E-state index in [0.29, 0.717) is 12.3 Å². The van der Waals surface area contributed by atoms with Gasteiger partial charge in [0.15, 0.2) is 5.78 Å². The van der Waals surface area contributed by atoms with Crippen molar-refractivity contribution in [2.45, 2.75) is 0 Å². The second-order valence-corrected chi connectivity index (χ2v) is 5.02. The molecule has 0 aromatic heterocycles. The van der Waals surface area contributed by atoms with E-state index in [9.17, 15) is 4.79 Å². The zero-order chi connectivity index (χ0) is 14.4. The van der Waals surface area contributed by atoms with E-state index in [4.69, 9.17) is 11.2 Å². The molecule has 0 radical (unpaired) electrons. The molecule has 0 aliphatic carbocycles. The fourth-order valence-corrected chi connectivity index (χ4v) is 2.16. The van der Waals surface area contributed by atoms with Gasteiger partial charge in [0.1, 0.15) is 12.4 Å². The summed E-state index contributed by atoms with van der Waals surface area (Å²) in [5, 5.41) is 0. The van der Waals surface area contributed by atoms with Crippen LogP contribution in [-0.2, 0) is 0 Å². The quantitative estimate of drug-likeness (QED) is 0.594. The van der Waals surface area contributed by atoms with E-state index in [0.717, 1.165) is 31.7 Å². The Morgan fingerprint density at radius 3 is 2.50 bits per heavy atom. The van der Waals surface area contributed by atoms with Crippen molar-refractivity contribution in [2.24, 2.45) is 0 Å². The molecule has 1 saturated heterocycles. The molecule has 1 aromatic carbocycles. The van der Waals surface area contributed by atoms with E-state index in [1.54, 1.807) is 24.3 Å². The molecule has 4 heteroatoms. The molecule has 0 N–H and O–H groups in total. The normalized spacial score (nSPS) is 16.6. The first-order valence-electron chi connectivity index (χ1n) is 6.79. The minimum atomic E-state index is 0.151. The van der Waals surface area contributed by atoms with Gasteiger partial charge in [-0.15, -0.1) is 6.42 Å². The Morgan fingerprint density at radius 1 is 1.25 bits per heavy atom. The highest BCUT2D eigenvalue weighted by atomic mass is 16.5. The van der Waals surface area contributed by atoms with Crippen molar-refractivity contribution in [3.05, 3.63) is 29.8 Å². The van der Waals surface area contributed by atoms with Crippen LogP contribution in [0.4, 0.5) is 0 Å². The third-order valence-electron chi connectivity index (χ3n) is 3.46. The highest BCUT2D eigenvalue weighted by molar-refractivity contribution is 5.97. The lowest BCUT2D eigenvalue weighted by Crippen LogP contribution is -2.46. The molecule has 0 amide bonds. The zero-order valence-corrected chi connectivity index (χ0v) is 11.8. The molecule has 0 saturated carbocycles. The number of Topliss-reactive ketones (excluding diaryl/α,β-unsaturated/α-hetero) is 1. The van der Waals surface area contributed by atoms with Crippen LogP contribution in [0.3, 0.4) is 0 Å². The number of nitrogens with zero attached hydrogens (tertiary/aromatic N) is 2. The average Bonchev–Trinajstić information content (AvgIpc) is 2.48. The molecule has 1 heterocycles. The number of ether oxygens (including phenoxy) is 1. The van der Waals surface area contributed by atoms with Crippen molar-refractivity contribution in [1.29, 1.82) is 0 Å². The number of hydrogen-bond acceptors (Lipinski definition) is 4. The minimum absolute atomic E-state index is 0.151. The van der Waals surface area contributed by atoms with Gasteiger partial charge < -0.3 is 9.64 Å². The molecule has 1 aliphatic heterocycles. The van der Waals surface area contributed by atoms with Gasteiger partial charge in [0.25, 0.3) is 0 Å². The first-order chi connectivity index (χ1) is 9.69. The van der Waals surface area contributed by atoms with Gasteiger partial charge in [-0.2, -0.15) is 0 Å². The SMILES string of the molecule is C#CCOc1ccc(C(=O)CN2CCN(C)CC2)cc1. The average molecular weight is 272 g/mol. The molecule has 4 nitrogen and oxygen atoms in total. The van der Waals surface area contributed by atoms with Crippen LogP contribution < -0.4 is 4.74 Å². The van der Waals surface area contributed by atoms with Gasteiger partial charge >= 0.3 is 0 Å². The summed E-state index contributed by atoms with van der Waals surface area (Å²) in [5.74, 6) is 3.26. The first-order valence-corrected chi connectivity index (χ1v) is 6.79. The Labute approximate surface area is 120 Å². The van der Waals surface area contributed by atoms with E-state index >= 15 is 0 Å². The standard InChI is InChI=1S/C16H20N2O2/c1-3-12-20-15-6-4-14(5-7-15)16(19)13-18-10-8-17(2)9-11-18/h1,4-7H,8-13H2,2H3. The molecule has 0 spiro atoms. The van der Waals surface area contributed by atoms with Crippen LogP contribution in [0.25, 0.3) is 0 Å². The van der Waals surface area contributed by atoms with Crippen molar-refractivity contribution < 1.29 is 9.53 Å². The van der Waals surface area contributed by atoms with Crippen LogP contribution in [0.1, 0.15) is 10.4 Å². The Bertz CT molecular complexity index is 482. The fourth-order valence-electron chi connectivity index (χ4n) is 2.16. The summed E-state index contributed by atoms with van der Waals surface area (Å²) in [6.45, 7) is 4.67. The first kappa shape index (κ1) is 14.6. The Balaban J connectivity index is 1.87. The maximum atomic E-state index is 12.2. The second-order valence-electron chi connectivity index (χ2n) is 5.02. The van der Waals surface area contributed by atoms with Crippen molar-refractivity contribution in [1.82, 2.24) is 9.80 Å². The summed E-state index contributed by atoms with van der Waals surface area (Å²) in [5.41, 5.74) is 0.719. The predicted octanol–water partition coefficient (Wildman–Crippen LogP) is 1.13. The van der Waals surface area contributed by atoms with E-state index in [-0.39, 0.29) is 12.4 Å². The molecule has 0 atom stereocenters. The molecule has 1 fully saturated rings. The van der Waals surface area contributed by atoms with Gasteiger partial charge in [-0.05, 0) is 31.3 Å². The Kier molecular flexibility index (Phi) is 5.16. The third-order valence-corrected chi connectivity index (χ3v) is 3.46. The van der Waals surface area contributed by atoms with Crippen LogP contribution in [0.15, 0.2) is 24.3 Å². The lowest BCUT2D eigenvalue weighted by molar-refractivity contribution is 0.0876. The van der Waals surface area contributed by atoms with Crippen molar-refractivity contribution in [2.75, 3.05) is 46.4 Å². The van der Waals surface area contributed by atoms with E-state index in [1.807, 2.05) is 0 Å². The lowest BCUT2D eigenvalue weighted by Gasteiger charge is -2.31. The molecule has 20 heavy (non-hydrogen) atoms. The highest BCUT2D eigenvalue weighted by Gasteiger charge is 2.17.